The summed E-state index contributed by atoms with van der Waals surface area (Å²) in [6, 6.07) is 8.76. The predicted molar refractivity (Wildman–Crippen MR) is 83.0 cm³/mol. The van der Waals surface area contributed by atoms with Crippen molar-refractivity contribution in [1.82, 2.24) is 10.6 Å². The lowest BCUT2D eigenvalue weighted by atomic mass is 9.96. The van der Waals surface area contributed by atoms with Crippen LogP contribution in [-0.4, -0.2) is 32.6 Å². The number of para-hydroxylation sites is 1. The van der Waals surface area contributed by atoms with E-state index in [4.69, 9.17) is 0 Å². The number of hydrogen-bond donors (Lipinski definition) is 2. The van der Waals surface area contributed by atoms with E-state index in [1.54, 1.807) is 0 Å². The molecule has 20 heavy (non-hydrogen) atoms. The van der Waals surface area contributed by atoms with Gasteiger partial charge < -0.3 is 15.5 Å². The van der Waals surface area contributed by atoms with Gasteiger partial charge in [-0.3, -0.25) is 4.79 Å². The monoisotopic (exact) mass is 275 g/mol. The van der Waals surface area contributed by atoms with Crippen molar-refractivity contribution in [1.29, 1.82) is 0 Å². The number of unbranched alkanes of at least 4 members (excludes halogenated alkanes) is 1. The van der Waals surface area contributed by atoms with Crippen LogP contribution in [0, 0.1) is 0 Å². The van der Waals surface area contributed by atoms with Crippen molar-refractivity contribution < 1.29 is 4.79 Å². The van der Waals surface area contributed by atoms with Crippen molar-refractivity contribution in [3.63, 3.8) is 0 Å². The third-order valence-corrected chi connectivity index (χ3v) is 3.88. The second kappa shape index (κ2) is 7.29. The summed E-state index contributed by atoms with van der Waals surface area (Å²) >= 11 is 0. The Balaban J connectivity index is 2.01. The molecule has 110 valence electrons. The lowest BCUT2D eigenvalue weighted by molar-refractivity contribution is -0.119. The molecule has 4 nitrogen and oxygen atoms in total. The van der Waals surface area contributed by atoms with Crippen LogP contribution < -0.4 is 15.5 Å². The van der Waals surface area contributed by atoms with Crippen LogP contribution in [0.3, 0.4) is 0 Å². The molecule has 1 aromatic rings. The molecule has 0 saturated heterocycles. The van der Waals surface area contributed by atoms with Crippen molar-refractivity contribution in [3.05, 3.63) is 29.8 Å². The third-order valence-electron chi connectivity index (χ3n) is 3.88. The first-order valence-electron chi connectivity index (χ1n) is 7.54. The van der Waals surface area contributed by atoms with E-state index in [1.165, 1.54) is 11.3 Å². The molecule has 1 aromatic carbocycles. The molecule has 0 aromatic heterocycles. The molecule has 2 rings (SSSR count). The Morgan fingerprint density at radius 2 is 2.20 bits per heavy atom. The van der Waals surface area contributed by atoms with Gasteiger partial charge >= 0.3 is 0 Å². The van der Waals surface area contributed by atoms with Gasteiger partial charge in [-0.1, -0.05) is 31.5 Å². The summed E-state index contributed by atoms with van der Waals surface area (Å²) in [5.41, 5.74) is 2.48. The third kappa shape index (κ3) is 3.51. The summed E-state index contributed by atoms with van der Waals surface area (Å²) in [6.07, 6.45) is 3.19. The van der Waals surface area contributed by atoms with Crippen LogP contribution in [0.15, 0.2) is 24.3 Å². The number of rotatable bonds is 6. The number of carbonyl (C=O) groups excluding carboxylic acids is 1. The Labute approximate surface area is 121 Å². The maximum absolute atomic E-state index is 12.0. The first-order valence-corrected chi connectivity index (χ1v) is 7.54. The van der Waals surface area contributed by atoms with Crippen LogP contribution in [0.5, 0.6) is 0 Å². The van der Waals surface area contributed by atoms with Gasteiger partial charge in [-0.15, -0.1) is 0 Å². The molecule has 0 radical (unpaired) electrons. The minimum atomic E-state index is 0.121. The normalized spacial score (nSPS) is 17.7. The Bertz CT molecular complexity index is 447. The van der Waals surface area contributed by atoms with E-state index < -0.39 is 0 Å². The number of anilines is 1. The molecule has 1 unspecified atom stereocenters. The molecular formula is C16H25N3O. The molecule has 0 fully saturated rings. The number of hydrogen-bond acceptors (Lipinski definition) is 3. The standard InChI is InChI=1S/C16H25N3O/c1-3-4-10-18-16(20)12-19-11-9-14(17-2)13-7-5-6-8-15(13)19/h5-8,14,17H,3-4,9-12H2,1-2H3,(H,18,20). The molecule has 0 saturated carbocycles. The molecule has 0 bridgehead atoms. The molecular weight excluding hydrogens is 250 g/mol. The van der Waals surface area contributed by atoms with Gasteiger partial charge in [0.2, 0.25) is 5.91 Å². The lowest BCUT2D eigenvalue weighted by Gasteiger charge is -2.35. The molecule has 1 atom stereocenters. The van der Waals surface area contributed by atoms with Crippen LogP contribution >= 0.6 is 0 Å². The maximum atomic E-state index is 12.0. The average Bonchev–Trinajstić information content (AvgIpc) is 2.48. The quantitative estimate of drug-likeness (QED) is 0.781. The van der Waals surface area contributed by atoms with Gasteiger partial charge in [-0.05, 0) is 31.5 Å². The Kier molecular flexibility index (Phi) is 5.41. The fourth-order valence-corrected chi connectivity index (χ4v) is 2.73. The molecule has 2 N–H and O–H groups in total. The Hall–Kier alpha value is -1.55. The van der Waals surface area contributed by atoms with E-state index in [1.807, 2.05) is 13.1 Å². The van der Waals surface area contributed by atoms with E-state index in [0.29, 0.717) is 12.6 Å². The van der Waals surface area contributed by atoms with Gasteiger partial charge in [0, 0.05) is 24.8 Å². The highest BCUT2D eigenvalue weighted by Gasteiger charge is 2.24. The molecule has 0 spiro atoms. The molecule has 1 aliphatic heterocycles. The van der Waals surface area contributed by atoms with Gasteiger partial charge in [-0.2, -0.15) is 0 Å². The zero-order chi connectivity index (χ0) is 14.4. The minimum absolute atomic E-state index is 0.121. The van der Waals surface area contributed by atoms with Gasteiger partial charge in [0.1, 0.15) is 0 Å². The van der Waals surface area contributed by atoms with E-state index >= 15 is 0 Å². The van der Waals surface area contributed by atoms with E-state index in [-0.39, 0.29) is 5.91 Å². The van der Waals surface area contributed by atoms with Crippen molar-refractivity contribution in [2.24, 2.45) is 0 Å². The van der Waals surface area contributed by atoms with Crippen LogP contribution in [0.4, 0.5) is 5.69 Å². The van der Waals surface area contributed by atoms with Gasteiger partial charge in [-0.25, -0.2) is 0 Å². The molecule has 4 heteroatoms. The summed E-state index contributed by atoms with van der Waals surface area (Å²) in [5.74, 6) is 0.121. The van der Waals surface area contributed by atoms with Crippen molar-refractivity contribution in [2.75, 3.05) is 31.6 Å². The number of fused-ring (bicyclic) bond motifs is 1. The molecule has 1 aliphatic rings. The number of nitrogens with zero attached hydrogens (tertiary/aromatic N) is 1. The summed E-state index contributed by atoms with van der Waals surface area (Å²) in [7, 11) is 1.99. The largest absolute Gasteiger partial charge is 0.362 e. The van der Waals surface area contributed by atoms with E-state index in [2.05, 4.69) is 40.7 Å². The van der Waals surface area contributed by atoms with Gasteiger partial charge in [0.15, 0.2) is 0 Å². The summed E-state index contributed by atoms with van der Waals surface area (Å²) < 4.78 is 0. The van der Waals surface area contributed by atoms with E-state index in [9.17, 15) is 4.79 Å². The fraction of sp³-hybridized carbons (Fsp3) is 0.562. The summed E-state index contributed by atoms with van der Waals surface area (Å²) in [4.78, 5) is 14.2. The first-order chi connectivity index (χ1) is 9.76. The Morgan fingerprint density at radius 3 is 2.95 bits per heavy atom. The van der Waals surface area contributed by atoms with Gasteiger partial charge in [0.25, 0.3) is 0 Å². The van der Waals surface area contributed by atoms with Gasteiger partial charge in [0.05, 0.1) is 6.54 Å². The van der Waals surface area contributed by atoms with Crippen molar-refractivity contribution >= 4 is 11.6 Å². The highest BCUT2D eigenvalue weighted by molar-refractivity contribution is 5.82. The van der Waals surface area contributed by atoms with E-state index in [0.717, 1.165) is 32.4 Å². The first kappa shape index (κ1) is 14.9. The number of carbonyl (C=O) groups is 1. The number of nitrogens with one attached hydrogen (secondary N) is 2. The zero-order valence-corrected chi connectivity index (χ0v) is 12.5. The Morgan fingerprint density at radius 1 is 1.40 bits per heavy atom. The highest BCUT2D eigenvalue weighted by Crippen LogP contribution is 2.32. The second-order valence-electron chi connectivity index (χ2n) is 5.31. The summed E-state index contributed by atoms with van der Waals surface area (Å²) in [5, 5.41) is 6.34. The van der Waals surface area contributed by atoms with Crippen LogP contribution in [0.2, 0.25) is 0 Å². The maximum Gasteiger partial charge on any atom is 0.239 e. The highest BCUT2D eigenvalue weighted by atomic mass is 16.2. The topological polar surface area (TPSA) is 44.4 Å². The summed E-state index contributed by atoms with van der Waals surface area (Å²) in [6.45, 7) is 4.29. The predicted octanol–water partition coefficient (Wildman–Crippen LogP) is 2.07. The SMILES string of the molecule is CCCCNC(=O)CN1CCC(NC)c2ccccc21. The minimum Gasteiger partial charge on any atom is -0.362 e. The second-order valence-corrected chi connectivity index (χ2v) is 5.31. The van der Waals surface area contributed by atoms with Crippen molar-refractivity contribution in [3.8, 4) is 0 Å². The smallest absolute Gasteiger partial charge is 0.239 e. The molecule has 0 aliphatic carbocycles. The van der Waals surface area contributed by atoms with Crippen LogP contribution in [0.25, 0.3) is 0 Å². The molecule has 1 heterocycles. The van der Waals surface area contributed by atoms with Crippen LogP contribution in [-0.2, 0) is 4.79 Å². The van der Waals surface area contributed by atoms with Crippen molar-refractivity contribution in [2.45, 2.75) is 32.2 Å². The zero-order valence-electron chi connectivity index (χ0n) is 12.5. The lowest BCUT2D eigenvalue weighted by Crippen LogP contribution is -2.42. The number of amides is 1. The molecule has 1 amide bonds. The average molecular weight is 275 g/mol. The fourth-order valence-electron chi connectivity index (χ4n) is 2.73. The van der Waals surface area contributed by atoms with Crippen LogP contribution in [0.1, 0.15) is 37.8 Å². The number of benzene rings is 1.